The standard InChI is InChI=1S/C26H26Cl2N2O3/c27-22-10-6-20(7-11-22)17-25(32)30(18-21-8-12-23(28)13-9-21)24(26(33)29-14-15-31)16-19-4-2-1-3-5-19/h1-13,24,31H,14-18H2,(H,29,33)/t24-/m1/s1. The summed E-state index contributed by atoms with van der Waals surface area (Å²) < 4.78 is 0. The summed E-state index contributed by atoms with van der Waals surface area (Å²) in [4.78, 5) is 28.3. The van der Waals surface area contributed by atoms with Crippen LogP contribution in [0, 0.1) is 0 Å². The second-order valence-corrected chi connectivity index (χ2v) is 8.54. The van der Waals surface area contributed by atoms with Crippen molar-refractivity contribution in [2.24, 2.45) is 0 Å². The van der Waals surface area contributed by atoms with Crippen molar-refractivity contribution in [3.05, 3.63) is 106 Å². The highest BCUT2D eigenvalue weighted by Crippen LogP contribution is 2.19. The second kappa shape index (κ2) is 12.4. The number of carbonyl (C=O) groups is 2. The molecule has 3 aromatic carbocycles. The SMILES string of the molecule is O=C(NCCO)[C@@H](Cc1ccccc1)N(Cc1ccc(Cl)cc1)C(=O)Cc1ccc(Cl)cc1. The molecule has 0 aliphatic heterocycles. The van der Waals surface area contributed by atoms with E-state index in [1.807, 2.05) is 42.5 Å². The molecular formula is C26H26Cl2N2O3. The first-order valence-corrected chi connectivity index (χ1v) is 11.4. The molecule has 3 rings (SSSR count). The average Bonchev–Trinajstić information content (AvgIpc) is 2.83. The molecule has 0 bridgehead atoms. The van der Waals surface area contributed by atoms with Crippen LogP contribution in [-0.2, 0) is 29.0 Å². The number of aliphatic hydroxyl groups is 1. The largest absolute Gasteiger partial charge is 0.395 e. The lowest BCUT2D eigenvalue weighted by molar-refractivity contribution is -0.140. The summed E-state index contributed by atoms with van der Waals surface area (Å²) in [7, 11) is 0. The van der Waals surface area contributed by atoms with E-state index in [0.717, 1.165) is 16.7 Å². The Morgan fingerprint density at radius 1 is 0.818 bits per heavy atom. The van der Waals surface area contributed by atoms with Gasteiger partial charge in [0, 0.05) is 29.6 Å². The minimum atomic E-state index is -0.755. The van der Waals surface area contributed by atoms with Crippen LogP contribution in [0.25, 0.3) is 0 Å². The van der Waals surface area contributed by atoms with E-state index in [9.17, 15) is 14.7 Å². The number of rotatable bonds is 10. The van der Waals surface area contributed by atoms with Gasteiger partial charge in [-0.05, 0) is 41.0 Å². The van der Waals surface area contributed by atoms with E-state index in [2.05, 4.69) is 5.32 Å². The average molecular weight is 485 g/mol. The molecule has 7 heteroatoms. The summed E-state index contributed by atoms with van der Waals surface area (Å²) in [5.41, 5.74) is 2.60. The molecule has 0 saturated heterocycles. The molecule has 2 amide bonds. The fraction of sp³-hybridized carbons (Fsp3) is 0.231. The number of benzene rings is 3. The van der Waals surface area contributed by atoms with E-state index in [4.69, 9.17) is 23.2 Å². The molecule has 0 aromatic heterocycles. The Kier molecular flexibility index (Phi) is 9.31. The Morgan fingerprint density at radius 2 is 1.39 bits per heavy atom. The van der Waals surface area contributed by atoms with Crippen molar-refractivity contribution in [3.8, 4) is 0 Å². The summed E-state index contributed by atoms with van der Waals surface area (Å²) in [5.74, 6) is -0.501. The van der Waals surface area contributed by atoms with Gasteiger partial charge in [-0.15, -0.1) is 0 Å². The van der Waals surface area contributed by atoms with Gasteiger partial charge >= 0.3 is 0 Å². The number of hydrogen-bond donors (Lipinski definition) is 2. The molecule has 0 fully saturated rings. The molecule has 0 heterocycles. The predicted octanol–water partition coefficient (Wildman–Crippen LogP) is 4.28. The van der Waals surface area contributed by atoms with Crippen LogP contribution in [0.1, 0.15) is 16.7 Å². The maximum absolute atomic E-state index is 13.5. The molecular weight excluding hydrogens is 459 g/mol. The third kappa shape index (κ3) is 7.60. The van der Waals surface area contributed by atoms with Crippen molar-refractivity contribution in [1.29, 1.82) is 0 Å². The number of nitrogens with one attached hydrogen (secondary N) is 1. The van der Waals surface area contributed by atoms with Crippen LogP contribution in [0.3, 0.4) is 0 Å². The molecule has 0 radical (unpaired) electrons. The minimum Gasteiger partial charge on any atom is -0.395 e. The lowest BCUT2D eigenvalue weighted by Crippen LogP contribution is -2.51. The van der Waals surface area contributed by atoms with Crippen molar-refractivity contribution >= 4 is 35.0 Å². The normalized spacial score (nSPS) is 11.6. The van der Waals surface area contributed by atoms with Crippen LogP contribution in [0.5, 0.6) is 0 Å². The van der Waals surface area contributed by atoms with Crippen LogP contribution < -0.4 is 5.32 Å². The number of amides is 2. The molecule has 0 aliphatic rings. The Labute approximate surface area is 203 Å². The zero-order valence-corrected chi connectivity index (χ0v) is 19.6. The Bertz CT molecular complexity index is 1040. The first-order valence-electron chi connectivity index (χ1n) is 10.7. The highest BCUT2D eigenvalue weighted by atomic mass is 35.5. The monoisotopic (exact) mass is 484 g/mol. The summed E-state index contributed by atoms with van der Waals surface area (Å²) in [6.07, 6.45) is 0.474. The molecule has 33 heavy (non-hydrogen) atoms. The topological polar surface area (TPSA) is 69.6 Å². The summed E-state index contributed by atoms with van der Waals surface area (Å²) in [6.45, 7) is 0.178. The third-order valence-electron chi connectivity index (χ3n) is 5.22. The van der Waals surface area contributed by atoms with Crippen molar-refractivity contribution in [2.75, 3.05) is 13.2 Å². The summed E-state index contributed by atoms with van der Waals surface area (Å²) >= 11 is 12.0. The van der Waals surface area contributed by atoms with E-state index in [1.54, 1.807) is 41.3 Å². The lowest BCUT2D eigenvalue weighted by atomic mass is 10.0. The molecule has 172 valence electrons. The van der Waals surface area contributed by atoms with E-state index in [1.165, 1.54) is 0 Å². The quantitative estimate of drug-likeness (QED) is 0.451. The van der Waals surface area contributed by atoms with Crippen molar-refractivity contribution in [3.63, 3.8) is 0 Å². The highest BCUT2D eigenvalue weighted by Gasteiger charge is 2.30. The van der Waals surface area contributed by atoms with Crippen molar-refractivity contribution in [2.45, 2.75) is 25.4 Å². The highest BCUT2D eigenvalue weighted by molar-refractivity contribution is 6.30. The molecule has 2 N–H and O–H groups in total. The Morgan fingerprint density at radius 3 is 1.97 bits per heavy atom. The van der Waals surface area contributed by atoms with Crippen LogP contribution in [0.4, 0.5) is 0 Å². The molecule has 0 saturated carbocycles. The molecule has 0 unspecified atom stereocenters. The van der Waals surface area contributed by atoms with Crippen LogP contribution in [0.2, 0.25) is 10.0 Å². The number of hydrogen-bond acceptors (Lipinski definition) is 3. The van der Waals surface area contributed by atoms with Gasteiger partial charge in [-0.25, -0.2) is 0 Å². The van der Waals surface area contributed by atoms with Gasteiger partial charge in [0.2, 0.25) is 11.8 Å². The Hall–Kier alpha value is -2.86. The fourth-order valence-electron chi connectivity index (χ4n) is 3.52. The Balaban J connectivity index is 1.93. The van der Waals surface area contributed by atoms with E-state index in [0.29, 0.717) is 16.5 Å². The van der Waals surface area contributed by atoms with Gasteiger partial charge in [0.15, 0.2) is 0 Å². The zero-order valence-electron chi connectivity index (χ0n) is 18.1. The molecule has 1 atom stereocenters. The van der Waals surface area contributed by atoms with Gasteiger partial charge in [0.1, 0.15) is 6.04 Å². The predicted molar refractivity (Wildman–Crippen MR) is 131 cm³/mol. The van der Waals surface area contributed by atoms with E-state index >= 15 is 0 Å². The number of carbonyl (C=O) groups excluding carboxylic acids is 2. The van der Waals surface area contributed by atoms with E-state index < -0.39 is 6.04 Å². The fourth-order valence-corrected chi connectivity index (χ4v) is 3.77. The molecule has 0 aliphatic carbocycles. The van der Waals surface area contributed by atoms with Crippen molar-refractivity contribution in [1.82, 2.24) is 10.2 Å². The van der Waals surface area contributed by atoms with Crippen LogP contribution in [-0.4, -0.2) is 41.0 Å². The van der Waals surface area contributed by atoms with Gasteiger partial charge in [-0.3, -0.25) is 9.59 Å². The minimum absolute atomic E-state index is 0.115. The van der Waals surface area contributed by atoms with Gasteiger partial charge in [0.05, 0.1) is 13.0 Å². The van der Waals surface area contributed by atoms with Gasteiger partial charge in [0.25, 0.3) is 0 Å². The van der Waals surface area contributed by atoms with Crippen LogP contribution in [0.15, 0.2) is 78.9 Å². The second-order valence-electron chi connectivity index (χ2n) is 7.67. The third-order valence-corrected chi connectivity index (χ3v) is 5.72. The van der Waals surface area contributed by atoms with Crippen molar-refractivity contribution < 1.29 is 14.7 Å². The maximum atomic E-state index is 13.5. The first-order chi connectivity index (χ1) is 16.0. The molecule has 0 spiro atoms. The van der Waals surface area contributed by atoms with Crippen LogP contribution >= 0.6 is 23.2 Å². The van der Waals surface area contributed by atoms with E-state index in [-0.39, 0.29) is 37.9 Å². The van der Waals surface area contributed by atoms with Gasteiger partial charge in [-0.1, -0.05) is 77.8 Å². The maximum Gasteiger partial charge on any atom is 0.243 e. The van der Waals surface area contributed by atoms with Gasteiger partial charge in [-0.2, -0.15) is 0 Å². The summed E-state index contributed by atoms with van der Waals surface area (Å²) in [5, 5.41) is 13.1. The molecule has 3 aromatic rings. The molecule has 5 nitrogen and oxygen atoms in total. The zero-order chi connectivity index (χ0) is 23.6. The first kappa shape index (κ1) is 24.8. The number of aliphatic hydroxyl groups excluding tert-OH is 1. The lowest BCUT2D eigenvalue weighted by Gasteiger charge is -2.31. The number of nitrogens with zero attached hydrogens (tertiary/aromatic N) is 1. The summed E-state index contributed by atoms with van der Waals surface area (Å²) in [6, 6.07) is 23.1. The van der Waals surface area contributed by atoms with Gasteiger partial charge < -0.3 is 15.3 Å². The smallest absolute Gasteiger partial charge is 0.243 e. The number of halogens is 2.